The predicted octanol–water partition coefficient (Wildman–Crippen LogP) is 2.68. The van der Waals surface area contributed by atoms with Gasteiger partial charge in [0.2, 0.25) is 0 Å². The van der Waals surface area contributed by atoms with E-state index in [1.165, 1.54) is 56.9 Å². The van der Waals surface area contributed by atoms with Gasteiger partial charge in [0, 0.05) is 13.1 Å². The Morgan fingerprint density at radius 3 is 2.53 bits per heavy atom. The Morgan fingerprint density at radius 1 is 1.12 bits per heavy atom. The molecule has 0 aromatic carbocycles. The van der Waals surface area contributed by atoms with Crippen molar-refractivity contribution in [3.63, 3.8) is 0 Å². The quantitative estimate of drug-likeness (QED) is 0.454. The normalized spacial score (nSPS) is 23.2. The molecule has 0 radical (unpaired) electrons. The third-order valence-corrected chi connectivity index (χ3v) is 3.76. The van der Waals surface area contributed by atoms with Gasteiger partial charge in [-0.1, -0.05) is 24.5 Å². The molecule has 0 saturated carbocycles. The Hall–Kier alpha value is -0.990. The van der Waals surface area contributed by atoms with Crippen LogP contribution in [0.3, 0.4) is 0 Å². The first-order valence-corrected chi connectivity index (χ1v) is 7.09. The van der Waals surface area contributed by atoms with E-state index in [2.05, 4.69) is 16.0 Å². The number of nitrogens with zero attached hydrogens (tertiary/aromatic N) is 2. The van der Waals surface area contributed by atoms with Crippen LogP contribution in [-0.4, -0.2) is 30.5 Å². The van der Waals surface area contributed by atoms with Crippen LogP contribution in [-0.2, 0) is 0 Å². The summed E-state index contributed by atoms with van der Waals surface area (Å²) >= 11 is 0. The van der Waals surface area contributed by atoms with Gasteiger partial charge in [0.05, 0.1) is 6.54 Å². The molecule has 0 spiro atoms. The molecule has 1 saturated heterocycles. The highest BCUT2D eigenvalue weighted by atomic mass is 15.2. The molecule has 3 heteroatoms. The molecular weight excluding hydrogens is 210 g/mol. The Kier molecular flexibility index (Phi) is 4.89. The van der Waals surface area contributed by atoms with Crippen LogP contribution in [0.5, 0.6) is 0 Å². The fourth-order valence-electron chi connectivity index (χ4n) is 2.63. The van der Waals surface area contributed by atoms with Gasteiger partial charge < -0.3 is 10.6 Å². The Bertz CT molecular complexity index is 286. The highest BCUT2D eigenvalue weighted by Crippen LogP contribution is 2.17. The van der Waals surface area contributed by atoms with Crippen molar-refractivity contribution < 1.29 is 0 Å². The van der Waals surface area contributed by atoms with Gasteiger partial charge in [-0.3, -0.25) is 0 Å². The highest BCUT2D eigenvalue weighted by molar-refractivity contribution is 5.78. The average molecular weight is 235 g/mol. The molecule has 2 N–H and O–H groups in total. The van der Waals surface area contributed by atoms with Gasteiger partial charge in [-0.2, -0.15) is 0 Å². The van der Waals surface area contributed by atoms with Crippen molar-refractivity contribution in [2.75, 3.05) is 19.6 Å². The summed E-state index contributed by atoms with van der Waals surface area (Å²) in [5, 5.41) is 0. The zero-order valence-corrected chi connectivity index (χ0v) is 10.8. The van der Waals surface area contributed by atoms with Gasteiger partial charge in [0.15, 0.2) is 5.96 Å². The summed E-state index contributed by atoms with van der Waals surface area (Å²) in [5.41, 5.74) is 7.56. The van der Waals surface area contributed by atoms with Crippen LogP contribution in [0, 0.1) is 0 Å². The second-order valence-corrected chi connectivity index (χ2v) is 5.18. The Labute approximate surface area is 105 Å². The number of rotatable bonds is 2. The van der Waals surface area contributed by atoms with Crippen molar-refractivity contribution in [3.05, 3.63) is 11.6 Å². The van der Waals surface area contributed by atoms with Gasteiger partial charge >= 0.3 is 0 Å². The largest absolute Gasteiger partial charge is 0.370 e. The molecule has 1 aliphatic carbocycles. The molecular formula is C14H25N3. The molecule has 0 aromatic rings. The number of aliphatic imine (C=N–C) groups is 1. The number of nitrogens with two attached hydrogens (primary N) is 1. The molecule has 1 fully saturated rings. The zero-order valence-electron chi connectivity index (χ0n) is 10.8. The van der Waals surface area contributed by atoms with Gasteiger partial charge in [0.1, 0.15) is 0 Å². The minimum atomic E-state index is 0.762. The van der Waals surface area contributed by atoms with Gasteiger partial charge in [-0.05, 0) is 38.5 Å². The van der Waals surface area contributed by atoms with Crippen molar-refractivity contribution in [2.24, 2.45) is 10.7 Å². The monoisotopic (exact) mass is 235 g/mol. The second kappa shape index (κ2) is 6.67. The molecule has 2 aliphatic rings. The number of hydrogen-bond donors (Lipinski definition) is 1. The molecule has 1 aliphatic heterocycles. The van der Waals surface area contributed by atoms with E-state index < -0.39 is 0 Å². The van der Waals surface area contributed by atoms with Crippen LogP contribution >= 0.6 is 0 Å². The van der Waals surface area contributed by atoms with Gasteiger partial charge in [-0.25, -0.2) is 4.99 Å². The predicted molar refractivity (Wildman–Crippen MR) is 73.1 cm³/mol. The molecule has 96 valence electrons. The third-order valence-electron chi connectivity index (χ3n) is 3.76. The van der Waals surface area contributed by atoms with E-state index in [4.69, 9.17) is 5.73 Å². The molecule has 0 unspecified atom stereocenters. The van der Waals surface area contributed by atoms with E-state index >= 15 is 0 Å². The smallest absolute Gasteiger partial charge is 0.191 e. The third kappa shape index (κ3) is 4.06. The van der Waals surface area contributed by atoms with Crippen molar-refractivity contribution >= 4 is 5.96 Å². The summed E-state index contributed by atoms with van der Waals surface area (Å²) in [4.78, 5) is 6.83. The fourth-order valence-corrected chi connectivity index (χ4v) is 2.63. The number of allylic oxidation sites excluding steroid dienone is 1. The van der Waals surface area contributed by atoms with Gasteiger partial charge in [0.25, 0.3) is 0 Å². The highest BCUT2D eigenvalue weighted by Gasteiger charge is 2.11. The summed E-state index contributed by atoms with van der Waals surface area (Å²) in [6.07, 6.45) is 12.7. The Morgan fingerprint density at radius 2 is 1.88 bits per heavy atom. The first kappa shape index (κ1) is 12.5. The summed E-state index contributed by atoms with van der Waals surface area (Å²) in [5.74, 6) is 0.762. The van der Waals surface area contributed by atoms with Crippen LogP contribution in [0.2, 0.25) is 0 Å². The first-order chi connectivity index (χ1) is 8.36. The fraction of sp³-hybridized carbons (Fsp3) is 0.786. The molecule has 17 heavy (non-hydrogen) atoms. The van der Waals surface area contributed by atoms with Crippen molar-refractivity contribution in [3.8, 4) is 0 Å². The lowest BCUT2D eigenvalue weighted by Gasteiger charge is -2.21. The van der Waals surface area contributed by atoms with Crippen LogP contribution in [0.25, 0.3) is 0 Å². The van der Waals surface area contributed by atoms with Gasteiger partial charge in [-0.15, -0.1) is 0 Å². The lowest BCUT2D eigenvalue weighted by Crippen LogP contribution is -2.38. The molecule has 3 nitrogen and oxygen atoms in total. The van der Waals surface area contributed by atoms with Crippen LogP contribution < -0.4 is 5.73 Å². The maximum atomic E-state index is 6.08. The number of guanidine groups is 1. The molecule has 0 aromatic heterocycles. The van der Waals surface area contributed by atoms with E-state index in [0.717, 1.165) is 25.6 Å². The molecule has 0 atom stereocenters. The molecule has 2 rings (SSSR count). The lowest BCUT2D eigenvalue weighted by atomic mass is 10.00. The number of hydrogen-bond acceptors (Lipinski definition) is 1. The second-order valence-electron chi connectivity index (χ2n) is 5.18. The molecule has 0 amide bonds. The summed E-state index contributed by atoms with van der Waals surface area (Å²) < 4.78 is 0. The van der Waals surface area contributed by atoms with E-state index in [0.29, 0.717) is 0 Å². The average Bonchev–Trinajstić information content (AvgIpc) is 2.66. The number of likely N-dealkylation sites (tertiary alicyclic amines) is 1. The van der Waals surface area contributed by atoms with Crippen molar-refractivity contribution in [1.29, 1.82) is 0 Å². The zero-order chi connectivity index (χ0) is 11.9. The van der Waals surface area contributed by atoms with Crippen LogP contribution in [0.4, 0.5) is 0 Å². The van der Waals surface area contributed by atoms with E-state index in [9.17, 15) is 0 Å². The van der Waals surface area contributed by atoms with E-state index in [-0.39, 0.29) is 0 Å². The summed E-state index contributed by atoms with van der Waals surface area (Å²) in [7, 11) is 0. The van der Waals surface area contributed by atoms with Crippen molar-refractivity contribution in [2.45, 2.75) is 51.4 Å². The van der Waals surface area contributed by atoms with Crippen LogP contribution in [0.1, 0.15) is 51.4 Å². The summed E-state index contributed by atoms with van der Waals surface area (Å²) in [6, 6.07) is 0. The van der Waals surface area contributed by atoms with Crippen molar-refractivity contribution in [1.82, 2.24) is 4.90 Å². The molecule has 1 heterocycles. The topological polar surface area (TPSA) is 41.6 Å². The molecule has 0 bridgehead atoms. The standard InChI is InChI=1S/C14H25N3/c15-14(17-10-6-1-2-7-11-17)16-12-13-8-4-3-5-9-13/h8H,1-7,9-12H2,(H2,15,16). The Balaban J connectivity index is 1.84. The first-order valence-electron chi connectivity index (χ1n) is 7.09. The lowest BCUT2D eigenvalue weighted by molar-refractivity contribution is 0.429. The van der Waals surface area contributed by atoms with Crippen LogP contribution in [0.15, 0.2) is 16.6 Å². The SMILES string of the molecule is NC(=NCC1=CCCCC1)N1CCCCCC1. The minimum absolute atomic E-state index is 0.762. The maximum Gasteiger partial charge on any atom is 0.191 e. The minimum Gasteiger partial charge on any atom is -0.370 e. The van der Waals surface area contributed by atoms with E-state index in [1.54, 1.807) is 0 Å². The maximum absolute atomic E-state index is 6.08. The summed E-state index contributed by atoms with van der Waals surface area (Å²) in [6.45, 7) is 3.01. The van der Waals surface area contributed by atoms with E-state index in [1.807, 2.05) is 0 Å².